The number of aliphatic hydroxyl groups is 1. The zero-order valence-electron chi connectivity index (χ0n) is 12.9. The zero-order valence-corrected chi connectivity index (χ0v) is 15.2. The van der Waals surface area contributed by atoms with Crippen LogP contribution >= 0.6 is 24.0 Å². The first-order valence-electron chi connectivity index (χ1n) is 7.29. The fourth-order valence-electron chi connectivity index (χ4n) is 2.03. The van der Waals surface area contributed by atoms with E-state index in [4.69, 9.17) is 10.5 Å². The first-order valence-corrected chi connectivity index (χ1v) is 7.29. The standard InChI is InChI=1S/C14H29N3O2.HI/c1-11(2)9-19-10-13(18)8-16-14(15)17-6-4-12(3)5-7-17;/h11-13,18H,4-10H2,1-3H3,(H2,15,16);1H. The van der Waals surface area contributed by atoms with Gasteiger partial charge in [-0.2, -0.15) is 0 Å². The molecule has 120 valence electrons. The number of ether oxygens (including phenoxy) is 1. The molecule has 3 N–H and O–H groups in total. The van der Waals surface area contributed by atoms with Gasteiger partial charge >= 0.3 is 0 Å². The topological polar surface area (TPSA) is 71.1 Å². The van der Waals surface area contributed by atoms with Crippen molar-refractivity contribution < 1.29 is 9.84 Å². The maximum atomic E-state index is 9.75. The third kappa shape index (κ3) is 8.26. The molecule has 0 saturated carbocycles. The molecule has 1 unspecified atom stereocenters. The Morgan fingerprint density at radius 1 is 1.35 bits per heavy atom. The van der Waals surface area contributed by atoms with E-state index in [2.05, 4.69) is 30.7 Å². The van der Waals surface area contributed by atoms with Gasteiger partial charge < -0.3 is 20.5 Å². The first-order chi connectivity index (χ1) is 8.99. The van der Waals surface area contributed by atoms with Crippen LogP contribution in [0.2, 0.25) is 0 Å². The van der Waals surface area contributed by atoms with Crippen molar-refractivity contribution in [2.24, 2.45) is 22.6 Å². The van der Waals surface area contributed by atoms with Crippen molar-refractivity contribution in [2.75, 3.05) is 32.8 Å². The fraction of sp³-hybridized carbons (Fsp3) is 0.929. The number of nitrogens with zero attached hydrogens (tertiary/aromatic N) is 2. The number of guanidine groups is 1. The molecule has 1 atom stereocenters. The van der Waals surface area contributed by atoms with Crippen LogP contribution < -0.4 is 5.73 Å². The van der Waals surface area contributed by atoms with E-state index in [0.29, 0.717) is 31.6 Å². The molecule has 20 heavy (non-hydrogen) atoms. The van der Waals surface area contributed by atoms with E-state index in [1.807, 2.05) is 0 Å². The molecule has 0 bridgehead atoms. The van der Waals surface area contributed by atoms with Crippen LogP contribution in [0.15, 0.2) is 4.99 Å². The molecular weight excluding hydrogens is 369 g/mol. The van der Waals surface area contributed by atoms with Gasteiger partial charge in [0.25, 0.3) is 0 Å². The van der Waals surface area contributed by atoms with Crippen LogP contribution in [0.25, 0.3) is 0 Å². The smallest absolute Gasteiger partial charge is 0.191 e. The highest BCUT2D eigenvalue weighted by Crippen LogP contribution is 2.15. The summed E-state index contributed by atoms with van der Waals surface area (Å²) < 4.78 is 5.38. The number of halogens is 1. The average molecular weight is 399 g/mol. The minimum atomic E-state index is -0.569. The Morgan fingerprint density at radius 2 is 1.95 bits per heavy atom. The van der Waals surface area contributed by atoms with Gasteiger partial charge in [0.1, 0.15) is 0 Å². The minimum Gasteiger partial charge on any atom is -0.389 e. The molecule has 1 saturated heterocycles. The number of rotatable bonds is 6. The van der Waals surface area contributed by atoms with Crippen molar-refractivity contribution >= 4 is 29.9 Å². The van der Waals surface area contributed by atoms with Crippen LogP contribution in [0.3, 0.4) is 0 Å². The van der Waals surface area contributed by atoms with Crippen molar-refractivity contribution in [3.05, 3.63) is 0 Å². The highest BCUT2D eigenvalue weighted by molar-refractivity contribution is 14.0. The van der Waals surface area contributed by atoms with Crippen LogP contribution in [-0.4, -0.2) is 54.9 Å². The Balaban J connectivity index is 0.00000361. The Kier molecular flexibility index (Phi) is 10.6. The largest absolute Gasteiger partial charge is 0.389 e. The number of hydrogen-bond acceptors (Lipinski definition) is 3. The van der Waals surface area contributed by atoms with E-state index in [-0.39, 0.29) is 24.0 Å². The molecule has 1 aliphatic rings. The summed E-state index contributed by atoms with van der Waals surface area (Å²) in [5, 5.41) is 9.75. The average Bonchev–Trinajstić information content (AvgIpc) is 2.36. The van der Waals surface area contributed by atoms with Gasteiger partial charge in [-0.05, 0) is 24.7 Å². The van der Waals surface area contributed by atoms with Crippen molar-refractivity contribution in [1.29, 1.82) is 0 Å². The number of hydrogen-bond donors (Lipinski definition) is 2. The van der Waals surface area contributed by atoms with E-state index < -0.39 is 6.10 Å². The van der Waals surface area contributed by atoms with Gasteiger partial charge in [0.05, 0.1) is 19.3 Å². The predicted octanol–water partition coefficient (Wildman–Crippen LogP) is 1.68. The van der Waals surface area contributed by atoms with Crippen molar-refractivity contribution in [3.8, 4) is 0 Å². The van der Waals surface area contributed by atoms with Gasteiger partial charge in [-0.1, -0.05) is 20.8 Å². The van der Waals surface area contributed by atoms with Crippen LogP contribution in [0.4, 0.5) is 0 Å². The van der Waals surface area contributed by atoms with Gasteiger partial charge in [-0.3, -0.25) is 4.99 Å². The summed E-state index contributed by atoms with van der Waals surface area (Å²) in [6.45, 7) is 9.68. The molecular formula is C14H30IN3O2. The van der Waals surface area contributed by atoms with Gasteiger partial charge in [-0.25, -0.2) is 0 Å². The van der Waals surface area contributed by atoms with Gasteiger partial charge in [0, 0.05) is 19.7 Å². The summed E-state index contributed by atoms with van der Waals surface area (Å²) in [4.78, 5) is 6.36. The van der Waals surface area contributed by atoms with Gasteiger partial charge in [-0.15, -0.1) is 24.0 Å². The second-order valence-corrected chi connectivity index (χ2v) is 5.95. The first kappa shape index (κ1) is 19.9. The molecule has 0 aromatic carbocycles. The van der Waals surface area contributed by atoms with Crippen LogP contribution in [0.5, 0.6) is 0 Å². The van der Waals surface area contributed by atoms with E-state index in [9.17, 15) is 5.11 Å². The third-order valence-electron chi connectivity index (χ3n) is 3.33. The molecule has 0 amide bonds. The molecule has 5 nitrogen and oxygen atoms in total. The summed E-state index contributed by atoms with van der Waals surface area (Å²) >= 11 is 0. The number of nitrogens with two attached hydrogens (primary N) is 1. The van der Waals surface area contributed by atoms with Gasteiger partial charge in [0.2, 0.25) is 0 Å². The lowest BCUT2D eigenvalue weighted by molar-refractivity contribution is 0.0300. The van der Waals surface area contributed by atoms with Crippen LogP contribution in [0.1, 0.15) is 33.6 Å². The Bertz CT molecular complexity index is 280. The van der Waals surface area contributed by atoms with Crippen LogP contribution in [0, 0.1) is 11.8 Å². The molecule has 0 radical (unpaired) electrons. The minimum absolute atomic E-state index is 0. The Labute approximate surface area is 140 Å². The summed E-state index contributed by atoms with van der Waals surface area (Å²) in [6.07, 6.45) is 1.76. The van der Waals surface area contributed by atoms with E-state index in [0.717, 1.165) is 31.8 Å². The fourth-order valence-corrected chi connectivity index (χ4v) is 2.03. The summed E-state index contributed by atoms with van der Waals surface area (Å²) in [6, 6.07) is 0. The summed E-state index contributed by atoms with van der Waals surface area (Å²) in [5.74, 6) is 1.81. The summed E-state index contributed by atoms with van der Waals surface area (Å²) in [5.41, 5.74) is 5.94. The lowest BCUT2D eigenvalue weighted by Crippen LogP contribution is -2.43. The molecule has 1 heterocycles. The van der Waals surface area contributed by atoms with Crippen LogP contribution in [-0.2, 0) is 4.74 Å². The normalized spacial score (nSPS) is 19.1. The molecule has 0 aliphatic carbocycles. The number of piperidine rings is 1. The number of aliphatic hydroxyl groups excluding tert-OH is 1. The molecule has 0 aromatic rings. The molecule has 1 rings (SSSR count). The zero-order chi connectivity index (χ0) is 14.3. The van der Waals surface area contributed by atoms with E-state index in [1.165, 1.54) is 0 Å². The van der Waals surface area contributed by atoms with Crippen molar-refractivity contribution in [1.82, 2.24) is 4.90 Å². The van der Waals surface area contributed by atoms with Gasteiger partial charge in [0.15, 0.2) is 5.96 Å². The molecule has 0 aromatic heterocycles. The lowest BCUT2D eigenvalue weighted by atomic mass is 10.00. The predicted molar refractivity (Wildman–Crippen MR) is 93.5 cm³/mol. The maximum absolute atomic E-state index is 9.75. The maximum Gasteiger partial charge on any atom is 0.191 e. The molecule has 6 heteroatoms. The second kappa shape index (κ2) is 10.6. The molecule has 1 aliphatic heterocycles. The molecule has 0 spiro atoms. The lowest BCUT2D eigenvalue weighted by Gasteiger charge is -2.31. The number of aliphatic imine (C=N–C) groups is 1. The highest BCUT2D eigenvalue weighted by Gasteiger charge is 2.17. The van der Waals surface area contributed by atoms with E-state index >= 15 is 0 Å². The Hall–Kier alpha value is -0.0800. The van der Waals surface area contributed by atoms with Crippen molar-refractivity contribution in [2.45, 2.75) is 39.7 Å². The van der Waals surface area contributed by atoms with E-state index in [1.54, 1.807) is 0 Å². The Morgan fingerprint density at radius 3 is 2.50 bits per heavy atom. The summed E-state index contributed by atoms with van der Waals surface area (Å²) in [7, 11) is 0. The monoisotopic (exact) mass is 399 g/mol. The second-order valence-electron chi connectivity index (χ2n) is 5.95. The number of likely N-dealkylation sites (tertiary alicyclic amines) is 1. The molecule has 1 fully saturated rings. The van der Waals surface area contributed by atoms with Crippen molar-refractivity contribution in [3.63, 3.8) is 0 Å². The third-order valence-corrected chi connectivity index (χ3v) is 3.33. The SMILES string of the molecule is CC(C)COCC(O)CN=C(N)N1CCC(C)CC1.I. The quantitative estimate of drug-likeness (QED) is 0.405. The highest BCUT2D eigenvalue weighted by atomic mass is 127.